The van der Waals surface area contributed by atoms with Crippen LogP contribution in [-0.4, -0.2) is 16.8 Å². The van der Waals surface area contributed by atoms with E-state index in [1.807, 2.05) is 32.0 Å². The first-order valence-corrected chi connectivity index (χ1v) is 7.82. The number of nitrogen functional groups attached to an aromatic ring is 1. The number of nitrogens with one attached hydrogen (secondary N) is 2. The molecule has 0 radical (unpaired) electrons. The van der Waals surface area contributed by atoms with Gasteiger partial charge in [0.25, 0.3) is 5.91 Å². The van der Waals surface area contributed by atoms with E-state index in [2.05, 4.69) is 15.6 Å². The van der Waals surface area contributed by atoms with Crippen LogP contribution in [0.3, 0.4) is 0 Å². The van der Waals surface area contributed by atoms with E-state index in [-0.39, 0.29) is 17.7 Å². The first-order valence-electron chi connectivity index (χ1n) is 7.82. The molecule has 24 heavy (non-hydrogen) atoms. The molecule has 0 fully saturated rings. The number of nitrogens with zero attached hydrogens (tertiary/aromatic N) is 1. The number of hydrogen-bond acceptors (Lipinski definition) is 4. The van der Waals surface area contributed by atoms with Crippen molar-refractivity contribution in [1.82, 2.24) is 10.3 Å². The minimum absolute atomic E-state index is 0.163. The number of anilines is 2. The molecular weight excluding hydrogens is 304 g/mol. The molecule has 2 rings (SSSR count). The first-order chi connectivity index (χ1) is 11.5. The van der Waals surface area contributed by atoms with Gasteiger partial charge in [0.05, 0.1) is 11.9 Å². The molecule has 1 atom stereocenters. The predicted molar refractivity (Wildman–Crippen MR) is 94.1 cm³/mol. The second-order valence-electron chi connectivity index (χ2n) is 5.97. The molecule has 1 aromatic heterocycles. The molecule has 0 saturated carbocycles. The van der Waals surface area contributed by atoms with E-state index in [0.717, 1.165) is 5.56 Å². The van der Waals surface area contributed by atoms with Gasteiger partial charge >= 0.3 is 0 Å². The number of rotatable bonds is 6. The Morgan fingerprint density at radius 2 is 1.83 bits per heavy atom. The predicted octanol–water partition coefficient (Wildman–Crippen LogP) is 2.51. The fourth-order valence-electron chi connectivity index (χ4n) is 2.23. The van der Waals surface area contributed by atoms with Crippen LogP contribution in [0.15, 0.2) is 48.7 Å². The van der Waals surface area contributed by atoms with Crippen molar-refractivity contribution >= 4 is 23.3 Å². The van der Waals surface area contributed by atoms with Crippen molar-refractivity contribution in [2.75, 3.05) is 11.1 Å². The average Bonchev–Trinajstić information content (AvgIpc) is 2.55. The Morgan fingerprint density at radius 1 is 1.12 bits per heavy atom. The van der Waals surface area contributed by atoms with Crippen molar-refractivity contribution in [3.05, 3.63) is 54.2 Å². The van der Waals surface area contributed by atoms with Crippen LogP contribution >= 0.6 is 0 Å². The van der Waals surface area contributed by atoms with Gasteiger partial charge in [-0.15, -0.1) is 0 Å². The van der Waals surface area contributed by atoms with Gasteiger partial charge < -0.3 is 16.4 Å². The number of aromatic nitrogens is 1. The van der Waals surface area contributed by atoms with E-state index in [9.17, 15) is 9.59 Å². The molecule has 0 aliphatic rings. The first kappa shape index (κ1) is 17.5. The quantitative estimate of drug-likeness (QED) is 0.760. The van der Waals surface area contributed by atoms with Crippen molar-refractivity contribution in [1.29, 1.82) is 0 Å². The number of benzene rings is 1. The number of amides is 2. The van der Waals surface area contributed by atoms with Gasteiger partial charge in [0, 0.05) is 6.42 Å². The molecule has 1 heterocycles. The van der Waals surface area contributed by atoms with Gasteiger partial charge in [-0.3, -0.25) is 9.59 Å². The smallest absolute Gasteiger partial charge is 0.251 e. The SMILES string of the molecule is CC(C)CC(=O)NC(C(=O)Nc1ccc(N)nc1)c1ccccc1. The summed E-state index contributed by atoms with van der Waals surface area (Å²) >= 11 is 0. The summed E-state index contributed by atoms with van der Waals surface area (Å²) in [7, 11) is 0. The van der Waals surface area contributed by atoms with Crippen molar-refractivity contribution < 1.29 is 9.59 Å². The van der Waals surface area contributed by atoms with Gasteiger partial charge in [0.15, 0.2) is 0 Å². The lowest BCUT2D eigenvalue weighted by Gasteiger charge is -2.19. The van der Waals surface area contributed by atoms with Crippen molar-refractivity contribution in [3.8, 4) is 0 Å². The molecule has 0 bridgehead atoms. The molecule has 4 N–H and O–H groups in total. The third-order valence-electron chi connectivity index (χ3n) is 3.35. The maximum Gasteiger partial charge on any atom is 0.251 e. The lowest BCUT2D eigenvalue weighted by molar-refractivity contribution is -0.127. The van der Waals surface area contributed by atoms with E-state index in [1.54, 1.807) is 24.3 Å². The third kappa shape index (κ3) is 5.08. The minimum atomic E-state index is -0.769. The Hall–Kier alpha value is -2.89. The molecule has 6 nitrogen and oxygen atoms in total. The number of pyridine rings is 1. The normalized spacial score (nSPS) is 11.8. The van der Waals surface area contributed by atoms with Gasteiger partial charge in [0.1, 0.15) is 11.9 Å². The van der Waals surface area contributed by atoms with E-state index in [0.29, 0.717) is 17.9 Å². The third-order valence-corrected chi connectivity index (χ3v) is 3.35. The second-order valence-corrected chi connectivity index (χ2v) is 5.97. The topological polar surface area (TPSA) is 97.1 Å². The number of carbonyl (C=O) groups is 2. The fourth-order valence-corrected chi connectivity index (χ4v) is 2.23. The van der Waals surface area contributed by atoms with E-state index >= 15 is 0 Å². The van der Waals surface area contributed by atoms with Gasteiger partial charge in [-0.2, -0.15) is 0 Å². The summed E-state index contributed by atoms with van der Waals surface area (Å²) in [4.78, 5) is 28.7. The van der Waals surface area contributed by atoms with Crippen LogP contribution in [0.2, 0.25) is 0 Å². The Morgan fingerprint density at radius 3 is 2.42 bits per heavy atom. The highest BCUT2D eigenvalue weighted by Gasteiger charge is 2.23. The summed E-state index contributed by atoms with van der Waals surface area (Å²) in [6, 6.07) is 11.6. The summed E-state index contributed by atoms with van der Waals surface area (Å²) in [5.74, 6) is 0.0953. The van der Waals surface area contributed by atoms with Gasteiger partial charge in [-0.1, -0.05) is 44.2 Å². The van der Waals surface area contributed by atoms with Gasteiger partial charge in [-0.05, 0) is 23.6 Å². The largest absolute Gasteiger partial charge is 0.384 e. The summed E-state index contributed by atoms with van der Waals surface area (Å²) in [5.41, 5.74) is 6.78. The molecule has 2 aromatic rings. The van der Waals surface area contributed by atoms with Gasteiger partial charge in [-0.25, -0.2) is 4.98 Å². The molecule has 2 amide bonds. The minimum Gasteiger partial charge on any atom is -0.384 e. The Balaban J connectivity index is 2.16. The van der Waals surface area contributed by atoms with Crippen LogP contribution in [0.25, 0.3) is 0 Å². The molecule has 1 aromatic carbocycles. The molecule has 1 unspecified atom stereocenters. The maximum absolute atomic E-state index is 12.6. The van der Waals surface area contributed by atoms with Gasteiger partial charge in [0.2, 0.25) is 5.91 Å². The fraction of sp³-hybridized carbons (Fsp3) is 0.278. The zero-order chi connectivity index (χ0) is 17.5. The Bertz CT molecular complexity index is 684. The Kier molecular flexibility index (Phi) is 5.89. The number of nitrogens with two attached hydrogens (primary N) is 1. The van der Waals surface area contributed by atoms with E-state index in [1.165, 1.54) is 6.20 Å². The molecule has 0 aliphatic heterocycles. The highest BCUT2D eigenvalue weighted by atomic mass is 16.2. The number of hydrogen-bond donors (Lipinski definition) is 3. The molecular formula is C18H22N4O2. The van der Waals surface area contributed by atoms with Crippen molar-refractivity contribution in [2.24, 2.45) is 5.92 Å². The summed E-state index contributed by atoms with van der Waals surface area (Å²) in [6.45, 7) is 3.91. The number of carbonyl (C=O) groups excluding carboxylic acids is 2. The molecule has 0 spiro atoms. The highest BCUT2D eigenvalue weighted by molar-refractivity contribution is 5.97. The van der Waals surface area contributed by atoms with Crippen LogP contribution in [0, 0.1) is 5.92 Å². The lowest BCUT2D eigenvalue weighted by atomic mass is 10.0. The van der Waals surface area contributed by atoms with Crippen LogP contribution in [0.1, 0.15) is 31.9 Å². The van der Waals surface area contributed by atoms with Crippen molar-refractivity contribution in [3.63, 3.8) is 0 Å². The maximum atomic E-state index is 12.6. The van der Waals surface area contributed by atoms with E-state index < -0.39 is 6.04 Å². The zero-order valence-electron chi connectivity index (χ0n) is 13.8. The monoisotopic (exact) mass is 326 g/mol. The second kappa shape index (κ2) is 8.10. The summed E-state index contributed by atoms with van der Waals surface area (Å²) in [5, 5.41) is 5.55. The molecule has 0 saturated heterocycles. The summed E-state index contributed by atoms with van der Waals surface area (Å²) in [6.07, 6.45) is 1.84. The van der Waals surface area contributed by atoms with Crippen LogP contribution in [0.5, 0.6) is 0 Å². The van der Waals surface area contributed by atoms with Crippen LogP contribution < -0.4 is 16.4 Å². The van der Waals surface area contributed by atoms with Crippen LogP contribution in [0.4, 0.5) is 11.5 Å². The lowest BCUT2D eigenvalue weighted by Crippen LogP contribution is -2.37. The molecule has 126 valence electrons. The Labute approximate surface area is 141 Å². The van der Waals surface area contributed by atoms with Crippen LogP contribution in [-0.2, 0) is 9.59 Å². The average molecular weight is 326 g/mol. The molecule has 6 heteroatoms. The standard InChI is InChI=1S/C18H22N4O2/c1-12(2)10-16(23)22-17(13-6-4-3-5-7-13)18(24)21-14-8-9-15(19)20-11-14/h3-9,11-12,17H,10H2,1-2H3,(H2,19,20)(H,21,24)(H,22,23). The highest BCUT2D eigenvalue weighted by Crippen LogP contribution is 2.17. The molecule has 0 aliphatic carbocycles. The van der Waals surface area contributed by atoms with E-state index in [4.69, 9.17) is 5.73 Å². The summed E-state index contributed by atoms with van der Waals surface area (Å²) < 4.78 is 0. The zero-order valence-corrected chi connectivity index (χ0v) is 13.8. The van der Waals surface area contributed by atoms with Crippen molar-refractivity contribution in [2.45, 2.75) is 26.3 Å².